The van der Waals surface area contributed by atoms with Crippen molar-refractivity contribution in [3.8, 4) is 5.88 Å². The van der Waals surface area contributed by atoms with E-state index < -0.39 is 0 Å². The third-order valence-corrected chi connectivity index (χ3v) is 3.85. The van der Waals surface area contributed by atoms with Crippen molar-refractivity contribution in [1.82, 2.24) is 20.1 Å². The first-order chi connectivity index (χ1) is 11.2. The maximum absolute atomic E-state index is 12.2. The third-order valence-electron chi connectivity index (χ3n) is 3.85. The van der Waals surface area contributed by atoms with E-state index in [0.29, 0.717) is 12.5 Å². The highest BCUT2D eigenvalue weighted by Gasteiger charge is 2.31. The summed E-state index contributed by atoms with van der Waals surface area (Å²) in [6.07, 6.45) is 4.43. The molecule has 1 fully saturated rings. The maximum Gasteiger partial charge on any atom is 0.226 e. The molecule has 1 N–H and O–H groups in total. The molecule has 122 valence electrons. The van der Waals surface area contributed by atoms with Gasteiger partial charge in [-0.25, -0.2) is 4.98 Å². The Labute approximate surface area is 134 Å². The molecule has 0 unspecified atom stereocenters. The van der Waals surface area contributed by atoms with Crippen molar-refractivity contribution in [2.24, 2.45) is 7.05 Å². The Balaban J connectivity index is 1.62. The number of hydrogen-bond acceptors (Lipinski definition) is 5. The molecule has 1 aliphatic rings. The summed E-state index contributed by atoms with van der Waals surface area (Å²) >= 11 is 0. The summed E-state index contributed by atoms with van der Waals surface area (Å²) < 4.78 is 12.5. The van der Waals surface area contributed by atoms with E-state index in [1.165, 1.54) is 0 Å². The van der Waals surface area contributed by atoms with Crippen LogP contribution in [0, 0.1) is 0 Å². The van der Waals surface area contributed by atoms with Crippen LogP contribution in [0.25, 0.3) is 0 Å². The van der Waals surface area contributed by atoms with Crippen molar-refractivity contribution < 1.29 is 14.3 Å². The summed E-state index contributed by atoms with van der Waals surface area (Å²) in [5, 5.41) is 7.26. The van der Waals surface area contributed by atoms with Gasteiger partial charge in [-0.15, -0.1) is 0 Å². The summed E-state index contributed by atoms with van der Waals surface area (Å²) in [4.78, 5) is 16.4. The Morgan fingerprint density at radius 3 is 3.00 bits per heavy atom. The lowest BCUT2D eigenvalue weighted by molar-refractivity contribution is -0.121. The van der Waals surface area contributed by atoms with Crippen molar-refractivity contribution in [2.75, 3.05) is 13.7 Å². The van der Waals surface area contributed by atoms with Crippen LogP contribution in [0.4, 0.5) is 0 Å². The van der Waals surface area contributed by atoms with Crippen LogP contribution in [0.1, 0.15) is 23.8 Å². The van der Waals surface area contributed by atoms with Gasteiger partial charge in [0.25, 0.3) is 0 Å². The Bertz CT molecular complexity index is 668. The summed E-state index contributed by atoms with van der Waals surface area (Å²) in [6.45, 7) is 0.616. The summed E-state index contributed by atoms with van der Waals surface area (Å²) in [6, 6.07) is 5.50. The third kappa shape index (κ3) is 3.68. The predicted molar refractivity (Wildman–Crippen MR) is 82.9 cm³/mol. The average Bonchev–Trinajstić information content (AvgIpc) is 3.16. The normalized spacial score (nSPS) is 20.4. The van der Waals surface area contributed by atoms with Crippen molar-refractivity contribution >= 4 is 5.91 Å². The van der Waals surface area contributed by atoms with Crippen LogP contribution >= 0.6 is 0 Å². The smallest absolute Gasteiger partial charge is 0.226 e. The number of amides is 1. The van der Waals surface area contributed by atoms with Crippen LogP contribution in [-0.2, 0) is 23.0 Å². The number of nitrogens with one attached hydrogen (secondary N) is 1. The first kappa shape index (κ1) is 15.5. The van der Waals surface area contributed by atoms with E-state index in [1.54, 1.807) is 24.1 Å². The van der Waals surface area contributed by atoms with Crippen molar-refractivity contribution in [3.63, 3.8) is 0 Å². The van der Waals surface area contributed by atoms with E-state index in [0.717, 1.165) is 17.7 Å². The van der Waals surface area contributed by atoms with E-state index in [9.17, 15) is 4.79 Å². The van der Waals surface area contributed by atoms with E-state index in [2.05, 4.69) is 15.4 Å². The minimum Gasteiger partial charge on any atom is -0.481 e. The standard InChI is InChI=1S/C16H20N4O3/c1-20-7-5-12(19-20)9-14(21)18-13-6-8-23-16(13)11-3-4-15(22-2)17-10-11/h3-5,7,10,13,16H,6,8-9H2,1-2H3,(H,18,21)/t13-,16+/m0/s1. The van der Waals surface area contributed by atoms with Gasteiger partial charge in [0.05, 0.1) is 25.3 Å². The minimum atomic E-state index is -0.180. The van der Waals surface area contributed by atoms with E-state index in [-0.39, 0.29) is 24.5 Å². The minimum absolute atomic E-state index is 0.0503. The number of methoxy groups -OCH3 is 1. The number of pyridine rings is 1. The van der Waals surface area contributed by atoms with Gasteiger partial charge in [0, 0.05) is 37.7 Å². The zero-order valence-corrected chi connectivity index (χ0v) is 13.2. The highest BCUT2D eigenvalue weighted by atomic mass is 16.5. The molecule has 7 heteroatoms. The summed E-state index contributed by atoms with van der Waals surface area (Å²) in [5.74, 6) is 0.508. The zero-order valence-electron chi connectivity index (χ0n) is 13.2. The van der Waals surface area contributed by atoms with Crippen LogP contribution in [0.5, 0.6) is 5.88 Å². The fourth-order valence-electron chi connectivity index (χ4n) is 2.73. The molecule has 0 aliphatic carbocycles. The topological polar surface area (TPSA) is 78.3 Å². The zero-order chi connectivity index (χ0) is 16.2. The van der Waals surface area contributed by atoms with Crippen LogP contribution < -0.4 is 10.1 Å². The monoisotopic (exact) mass is 316 g/mol. The molecule has 2 aromatic rings. The van der Waals surface area contributed by atoms with E-state index in [4.69, 9.17) is 9.47 Å². The second-order valence-corrected chi connectivity index (χ2v) is 5.55. The van der Waals surface area contributed by atoms with Gasteiger partial charge >= 0.3 is 0 Å². The van der Waals surface area contributed by atoms with Gasteiger partial charge in [0.1, 0.15) is 6.10 Å². The molecule has 0 aromatic carbocycles. The highest BCUT2D eigenvalue weighted by Crippen LogP contribution is 2.29. The Hall–Kier alpha value is -2.41. The summed E-state index contributed by atoms with van der Waals surface area (Å²) in [5.41, 5.74) is 1.69. The van der Waals surface area contributed by atoms with Gasteiger partial charge in [-0.05, 0) is 18.6 Å². The number of ether oxygens (including phenoxy) is 2. The number of aryl methyl sites for hydroxylation is 1. The molecule has 2 atom stereocenters. The van der Waals surface area contributed by atoms with Crippen molar-refractivity contribution in [3.05, 3.63) is 41.9 Å². The molecule has 7 nitrogen and oxygen atoms in total. The number of nitrogens with zero attached hydrogens (tertiary/aromatic N) is 3. The maximum atomic E-state index is 12.2. The molecule has 23 heavy (non-hydrogen) atoms. The molecule has 1 saturated heterocycles. The molecule has 0 spiro atoms. The molecular weight excluding hydrogens is 296 g/mol. The molecule has 0 saturated carbocycles. The lowest BCUT2D eigenvalue weighted by atomic mass is 10.0. The lowest BCUT2D eigenvalue weighted by Gasteiger charge is -2.20. The summed E-state index contributed by atoms with van der Waals surface area (Å²) in [7, 11) is 3.41. The van der Waals surface area contributed by atoms with Crippen LogP contribution in [0.2, 0.25) is 0 Å². The second kappa shape index (κ2) is 6.78. The average molecular weight is 316 g/mol. The van der Waals surface area contributed by atoms with E-state index in [1.807, 2.05) is 25.4 Å². The van der Waals surface area contributed by atoms with Gasteiger partial charge < -0.3 is 14.8 Å². The van der Waals surface area contributed by atoms with Crippen LogP contribution in [-0.4, -0.2) is 40.4 Å². The van der Waals surface area contributed by atoms with E-state index >= 15 is 0 Å². The largest absolute Gasteiger partial charge is 0.481 e. The number of aromatic nitrogens is 3. The van der Waals surface area contributed by atoms with Crippen LogP contribution in [0.3, 0.4) is 0 Å². The van der Waals surface area contributed by atoms with Gasteiger partial charge in [-0.1, -0.05) is 0 Å². The molecular formula is C16H20N4O3. The fourth-order valence-corrected chi connectivity index (χ4v) is 2.73. The number of rotatable bonds is 5. The van der Waals surface area contributed by atoms with Gasteiger partial charge in [0.2, 0.25) is 11.8 Å². The Morgan fingerprint density at radius 1 is 1.48 bits per heavy atom. The highest BCUT2D eigenvalue weighted by molar-refractivity contribution is 5.78. The van der Waals surface area contributed by atoms with Gasteiger partial charge in [-0.3, -0.25) is 9.48 Å². The van der Waals surface area contributed by atoms with Crippen LogP contribution in [0.15, 0.2) is 30.6 Å². The molecule has 1 aliphatic heterocycles. The lowest BCUT2D eigenvalue weighted by Crippen LogP contribution is -2.37. The second-order valence-electron chi connectivity index (χ2n) is 5.55. The first-order valence-electron chi connectivity index (χ1n) is 7.55. The number of carbonyl (C=O) groups is 1. The molecule has 3 heterocycles. The van der Waals surface area contributed by atoms with Gasteiger partial charge in [0.15, 0.2) is 0 Å². The Kier molecular flexibility index (Phi) is 4.57. The predicted octanol–water partition coefficient (Wildman–Crippen LogP) is 1.01. The van der Waals surface area contributed by atoms with Crippen molar-refractivity contribution in [2.45, 2.75) is 25.0 Å². The molecule has 3 rings (SSSR count). The molecule has 0 bridgehead atoms. The van der Waals surface area contributed by atoms with Crippen molar-refractivity contribution in [1.29, 1.82) is 0 Å². The molecule has 2 aromatic heterocycles. The van der Waals surface area contributed by atoms with Gasteiger partial charge in [-0.2, -0.15) is 5.10 Å². The quantitative estimate of drug-likeness (QED) is 0.891. The molecule has 0 radical (unpaired) electrons. The number of hydrogen-bond donors (Lipinski definition) is 1. The SMILES string of the molecule is COc1ccc([C@H]2OCC[C@@H]2NC(=O)Cc2ccn(C)n2)cn1. The molecule has 1 amide bonds. The Morgan fingerprint density at radius 2 is 2.35 bits per heavy atom. The number of carbonyl (C=O) groups excluding carboxylic acids is 1. The fraction of sp³-hybridized carbons (Fsp3) is 0.438. The first-order valence-corrected chi connectivity index (χ1v) is 7.55.